The van der Waals surface area contributed by atoms with Crippen LogP contribution in [0.5, 0.6) is 0 Å². The van der Waals surface area contributed by atoms with Crippen LogP contribution in [0.25, 0.3) is 0 Å². The van der Waals surface area contributed by atoms with Gasteiger partial charge in [0.1, 0.15) is 5.82 Å². The predicted octanol–water partition coefficient (Wildman–Crippen LogP) is 1.33. The minimum Gasteiger partial charge on any atom is -0.343 e. The third-order valence-corrected chi connectivity index (χ3v) is 3.15. The Balaban J connectivity index is 1.77. The van der Waals surface area contributed by atoms with Crippen LogP contribution in [-0.2, 0) is 4.79 Å². The molecule has 0 saturated carbocycles. The van der Waals surface area contributed by atoms with Gasteiger partial charge in [0.05, 0.1) is 6.54 Å². The average Bonchev–Trinajstić information content (AvgIpc) is 2.58. The molecule has 0 aliphatic carbocycles. The van der Waals surface area contributed by atoms with Crippen molar-refractivity contribution in [1.82, 2.24) is 16.2 Å². The normalized spacial score (nSPS) is 9.92. The smallest absolute Gasteiger partial charge is 0.269 e. The molecule has 0 radical (unpaired) electrons. The van der Waals surface area contributed by atoms with Crippen LogP contribution in [-0.4, -0.2) is 24.3 Å². The van der Waals surface area contributed by atoms with Gasteiger partial charge in [-0.2, -0.15) is 0 Å². The third kappa shape index (κ3) is 4.91. The van der Waals surface area contributed by atoms with Crippen LogP contribution in [0.3, 0.4) is 0 Å². The quantitative estimate of drug-likeness (QED) is 0.740. The lowest BCUT2D eigenvalue weighted by atomic mass is 10.1. The number of nitrogens with one attached hydrogen (secondary N) is 3. The topological polar surface area (TPSA) is 87.3 Å². The molecule has 0 fully saturated rings. The van der Waals surface area contributed by atoms with Crippen molar-refractivity contribution in [2.45, 2.75) is 6.92 Å². The molecule has 0 atom stereocenters. The van der Waals surface area contributed by atoms with Crippen molar-refractivity contribution in [3.63, 3.8) is 0 Å². The molecule has 2 rings (SSSR count). The molecule has 2 aromatic rings. The molecule has 0 aliphatic rings. The molecule has 3 amide bonds. The van der Waals surface area contributed by atoms with Gasteiger partial charge >= 0.3 is 0 Å². The number of carbonyl (C=O) groups is 3. The monoisotopic (exact) mass is 329 g/mol. The number of carbonyl (C=O) groups excluding carboxylic acids is 3. The maximum atomic E-state index is 12.8. The van der Waals surface area contributed by atoms with E-state index in [1.807, 2.05) is 6.92 Å². The highest BCUT2D eigenvalue weighted by Gasteiger charge is 2.10. The Bertz CT molecular complexity index is 679. The predicted molar refractivity (Wildman–Crippen MR) is 85.5 cm³/mol. The number of amides is 3. The molecule has 3 N–H and O–H groups in total. The molecule has 7 heteroatoms. The molecule has 0 bridgehead atoms. The Morgan fingerprint density at radius 1 is 0.833 bits per heavy atom. The zero-order valence-electron chi connectivity index (χ0n) is 12.9. The SMILES string of the molecule is Cc1ccc(C(=O)NNC(=O)CNC(=O)c2ccc(F)cc2)cc1. The number of hydrogen-bond acceptors (Lipinski definition) is 3. The van der Waals surface area contributed by atoms with E-state index in [0.29, 0.717) is 5.56 Å². The zero-order chi connectivity index (χ0) is 17.5. The van der Waals surface area contributed by atoms with E-state index >= 15 is 0 Å². The maximum Gasteiger partial charge on any atom is 0.269 e. The second-order valence-electron chi connectivity index (χ2n) is 5.06. The van der Waals surface area contributed by atoms with Crippen molar-refractivity contribution >= 4 is 17.7 Å². The summed E-state index contributed by atoms with van der Waals surface area (Å²) in [7, 11) is 0. The summed E-state index contributed by atoms with van der Waals surface area (Å²) >= 11 is 0. The molecule has 0 saturated heterocycles. The molecule has 0 aromatic heterocycles. The van der Waals surface area contributed by atoms with Gasteiger partial charge in [-0.05, 0) is 43.3 Å². The zero-order valence-corrected chi connectivity index (χ0v) is 12.9. The van der Waals surface area contributed by atoms with Crippen LogP contribution in [0.15, 0.2) is 48.5 Å². The Labute approximate surface area is 138 Å². The van der Waals surface area contributed by atoms with E-state index < -0.39 is 23.5 Å². The van der Waals surface area contributed by atoms with Crippen LogP contribution in [0.1, 0.15) is 26.3 Å². The molecule has 6 nitrogen and oxygen atoms in total. The molecular weight excluding hydrogens is 313 g/mol. The summed E-state index contributed by atoms with van der Waals surface area (Å²) in [5.74, 6) is -2.03. The first-order chi connectivity index (χ1) is 11.5. The van der Waals surface area contributed by atoms with Crippen LogP contribution in [0.4, 0.5) is 4.39 Å². The standard InChI is InChI=1S/C17H16FN3O3/c1-11-2-4-13(5-3-11)17(24)21-20-15(22)10-19-16(23)12-6-8-14(18)9-7-12/h2-9H,10H2,1H3,(H,19,23)(H,20,22)(H,21,24). The summed E-state index contributed by atoms with van der Waals surface area (Å²) in [4.78, 5) is 35.2. The van der Waals surface area contributed by atoms with E-state index in [1.165, 1.54) is 12.1 Å². The minimum absolute atomic E-state index is 0.230. The summed E-state index contributed by atoms with van der Waals surface area (Å²) in [5.41, 5.74) is 6.09. The van der Waals surface area contributed by atoms with E-state index in [9.17, 15) is 18.8 Å². The number of hydrazine groups is 1. The highest BCUT2D eigenvalue weighted by atomic mass is 19.1. The largest absolute Gasteiger partial charge is 0.343 e. The maximum absolute atomic E-state index is 12.8. The Morgan fingerprint density at radius 3 is 2.00 bits per heavy atom. The third-order valence-electron chi connectivity index (χ3n) is 3.15. The second kappa shape index (κ2) is 7.87. The first-order valence-electron chi connectivity index (χ1n) is 7.15. The first kappa shape index (κ1) is 17.1. The highest BCUT2D eigenvalue weighted by molar-refractivity contribution is 5.98. The van der Waals surface area contributed by atoms with Crippen LogP contribution in [0.2, 0.25) is 0 Å². The van der Waals surface area contributed by atoms with Crippen molar-refractivity contribution in [2.24, 2.45) is 0 Å². The molecule has 0 spiro atoms. The van der Waals surface area contributed by atoms with Crippen molar-refractivity contribution in [1.29, 1.82) is 0 Å². The lowest BCUT2D eigenvalue weighted by Crippen LogP contribution is -2.46. The number of hydrogen-bond donors (Lipinski definition) is 3. The van der Waals surface area contributed by atoms with Gasteiger partial charge in [-0.3, -0.25) is 25.2 Å². The molecule has 0 heterocycles. The average molecular weight is 329 g/mol. The van der Waals surface area contributed by atoms with E-state index in [0.717, 1.165) is 17.7 Å². The van der Waals surface area contributed by atoms with Gasteiger partial charge in [-0.1, -0.05) is 17.7 Å². The van der Waals surface area contributed by atoms with E-state index in [-0.39, 0.29) is 12.1 Å². The van der Waals surface area contributed by atoms with Gasteiger partial charge in [0.25, 0.3) is 17.7 Å². The number of benzene rings is 2. The van der Waals surface area contributed by atoms with Gasteiger partial charge in [0.15, 0.2) is 0 Å². The summed E-state index contributed by atoms with van der Waals surface area (Å²) in [6.07, 6.45) is 0. The lowest BCUT2D eigenvalue weighted by molar-refractivity contribution is -0.120. The van der Waals surface area contributed by atoms with Gasteiger partial charge in [0, 0.05) is 11.1 Å². The van der Waals surface area contributed by atoms with Crippen molar-refractivity contribution < 1.29 is 18.8 Å². The minimum atomic E-state index is -0.592. The summed E-state index contributed by atoms with van der Waals surface area (Å²) in [6, 6.07) is 11.7. The lowest BCUT2D eigenvalue weighted by Gasteiger charge is -2.08. The van der Waals surface area contributed by atoms with Crippen molar-refractivity contribution in [3.05, 3.63) is 71.0 Å². The molecule has 24 heavy (non-hydrogen) atoms. The second-order valence-corrected chi connectivity index (χ2v) is 5.06. The van der Waals surface area contributed by atoms with Crippen molar-refractivity contribution in [2.75, 3.05) is 6.54 Å². The van der Waals surface area contributed by atoms with Crippen LogP contribution in [0, 0.1) is 12.7 Å². The van der Waals surface area contributed by atoms with E-state index in [1.54, 1.807) is 24.3 Å². The van der Waals surface area contributed by atoms with E-state index in [4.69, 9.17) is 0 Å². The molecule has 0 aliphatic heterocycles. The summed E-state index contributed by atoms with van der Waals surface area (Å²) < 4.78 is 12.8. The first-order valence-corrected chi connectivity index (χ1v) is 7.15. The highest BCUT2D eigenvalue weighted by Crippen LogP contribution is 2.03. The number of rotatable bonds is 4. The van der Waals surface area contributed by atoms with Gasteiger partial charge in [-0.15, -0.1) is 0 Å². The summed E-state index contributed by atoms with van der Waals surface area (Å²) in [5, 5.41) is 2.36. The Hall–Kier alpha value is -3.22. The summed E-state index contributed by atoms with van der Waals surface area (Å²) in [6.45, 7) is 1.57. The van der Waals surface area contributed by atoms with Gasteiger partial charge in [0.2, 0.25) is 0 Å². The number of aryl methyl sites for hydroxylation is 1. The van der Waals surface area contributed by atoms with Gasteiger partial charge < -0.3 is 5.32 Å². The Morgan fingerprint density at radius 2 is 1.38 bits per heavy atom. The molecule has 2 aromatic carbocycles. The number of halogens is 1. The fourth-order valence-corrected chi connectivity index (χ4v) is 1.81. The Kier molecular flexibility index (Phi) is 5.62. The van der Waals surface area contributed by atoms with Crippen LogP contribution >= 0.6 is 0 Å². The van der Waals surface area contributed by atoms with E-state index in [2.05, 4.69) is 16.2 Å². The molecular formula is C17H16FN3O3. The van der Waals surface area contributed by atoms with Crippen molar-refractivity contribution in [3.8, 4) is 0 Å². The fraction of sp³-hybridized carbons (Fsp3) is 0.118. The fourth-order valence-electron chi connectivity index (χ4n) is 1.81. The van der Waals surface area contributed by atoms with Crippen LogP contribution < -0.4 is 16.2 Å². The molecule has 0 unspecified atom stereocenters. The van der Waals surface area contributed by atoms with Gasteiger partial charge in [-0.25, -0.2) is 4.39 Å². The molecule has 124 valence electrons.